The van der Waals surface area contributed by atoms with Crippen LogP contribution in [-0.4, -0.2) is 35.9 Å². The molecule has 0 saturated carbocycles. The normalized spacial score (nSPS) is 16.4. The van der Waals surface area contributed by atoms with Gasteiger partial charge >= 0.3 is 0 Å². The molecule has 1 fully saturated rings. The summed E-state index contributed by atoms with van der Waals surface area (Å²) in [4.78, 5) is 11.8. The summed E-state index contributed by atoms with van der Waals surface area (Å²) in [6, 6.07) is 6.82. The molecule has 0 radical (unpaired) electrons. The second kappa shape index (κ2) is 8.82. The van der Waals surface area contributed by atoms with Gasteiger partial charge in [-0.25, -0.2) is 0 Å². The lowest BCUT2D eigenvalue weighted by Gasteiger charge is -2.07. The first-order chi connectivity index (χ1) is 12.6. The molecule has 7 nitrogen and oxygen atoms in total. The molecule has 3 rings (SSSR count). The van der Waals surface area contributed by atoms with E-state index in [4.69, 9.17) is 25.5 Å². The van der Waals surface area contributed by atoms with Crippen LogP contribution in [-0.2, 0) is 9.53 Å². The fourth-order valence-corrected chi connectivity index (χ4v) is 2.60. The summed E-state index contributed by atoms with van der Waals surface area (Å²) in [6.45, 7) is 4.98. The number of halogens is 1. The molecule has 1 N–H and O–H groups in total. The van der Waals surface area contributed by atoms with Gasteiger partial charge in [0, 0.05) is 23.7 Å². The van der Waals surface area contributed by atoms with E-state index in [-0.39, 0.29) is 18.6 Å². The van der Waals surface area contributed by atoms with Crippen LogP contribution >= 0.6 is 11.6 Å². The summed E-state index contributed by atoms with van der Waals surface area (Å²) in [5.74, 6) is 1.22. The quantitative estimate of drug-likeness (QED) is 0.760. The molecule has 2 aromatic rings. The maximum atomic E-state index is 11.8. The highest BCUT2D eigenvalue weighted by molar-refractivity contribution is 6.30. The number of carbonyl (C=O) groups is 1. The van der Waals surface area contributed by atoms with Gasteiger partial charge in [0.15, 0.2) is 6.61 Å². The third-order valence-corrected chi connectivity index (χ3v) is 4.13. The first kappa shape index (κ1) is 18.4. The van der Waals surface area contributed by atoms with E-state index in [1.54, 1.807) is 24.3 Å². The van der Waals surface area contributed by atoms with Crippen molar-refractivity contribution in [2.24, 2.45) is 0 Å². The van der Waals surface area contributed by atoms with E-state index >= 15 is 0 Å². The molecule has 1 aromatic carbocycles. The Kier molecular flexibility index (Phi) is 6.25. The summed E-state index contributed by atoms with van der Waals surface area (Å²) in [5.41, 5.74) is 0.667. The first-order valence-corrected chi connectivity index (χ1v) is 8.78. The van der Waals surface area contributed by atoms with E-state index < -0.39 is 0 Å². The molecule has 0 aliphatic carbocycles. The van der Waals surface area contributed by atoms with Gasteiger partial charge in [0.2, 0.25) is 11.8 Å². The number of amides is 1. The van der Waals surface area contributed by atoms with Crippen molar-refractivity contribution in [2.45, 2.75) is 25.4 Å². The Balaban J connectivity index is 1.37. The number of nitrogens with zero attached hydrogens (tertiary/aromatic N) is 2. The van der Waals surface area contributed by atoms with Gasteiger partial charge < -0.3 is 19.2 Å². The van der Waals surface area contributed by atoms with Gasteiger partial charge in [-0.05, 0) is 43.5 Å². The summed E-state index contributed by atoms with van der Waals surface area (Å²) in [5, 5.41) is 11.4. The summed E-state index contributed by atoms with van der Waals surface area (Å²) >= 11 is 5.79. The first-order valence-electron chi connectivity index (χ1n) is 8.40. The van der Waals surface area contributed by atoms with Crippen LogP contribution < -0.4 is 10.1 Å². The van der Waals surface area contributed by atoms with Gasteiger partial charge in [0.1, 0.15) is 11.9 Å². The second-order valence-corrected chi connectivity index (χ2v) is 6.33. The van der Waals surface area contributed by atoms with Crippen molar-refractivity contribution in [3.63, 3.8) is 0 Å². The number of aromatic nitrogens is 2. The van der Waals surface area contributed by atoms with Crippen LogP contribution in [0.25, 0.3) is 5.57 Å². The fraction of sp³-hybridized carbons (Fsp3) is 0.389. The lowest BCUT2D eigenvalue weighted by atomic mass is 10.2. The van der Waals surface area contributed by atoms with Gasteiger partial charge in [-0.15, -0.1) is 10.2 Å². The zero-order valence-electron chi connectivity index (χ0n) is 14.2. The standard InChI is InChI=1S/C18H20ClN3O4/c1-12(17-21-22-18(26-17)15-3-2-10-24-15)8-9-20-16(23)11-25-14-6-4-13(19)5-7-14/h4-7,15H,1-3,8-11H2,(H,20,23)/t15-/m0/s1. The van der Waals surface area contributed by atoms with E-state index in [0.717, 1.165) is 12.8 Å². The number of nitrogens with one attached hydrogen (secondary N) is 1. The van der Waals surface area contributed by atoms with Gasteiger partial charge in [-0.2, -0.15) is 0 Å². The Labute approximate surface area is 156 Å². The molecule has 2 heterocycles. The number of benzene rings is 1. The van der Waals surface area contributed by atoms with Crippen molar-refractivity contribution < 1.29 is 18.7 Å². The maximum Gasteiger partial charge on any atom is 0.257 e. The third kappa shape index (κ3) is 5.06. The number of rotatable bonds is 8. The highest BCUT2D eigenvalue weighted by Crippen LogP contribution is 2.28. The Hall–Kier alpha value is -2.38. The minimum atomic E-state index is -0.224. The van der Waals surface area contributed by atoms with Crippen LogP contribution in [0.2, 0.25) is 5.02 Å². The highest BCUT2D eigenvalue weighted by Gasteiger charge is 2.24. The molecule has 0 unspecified atom stereocenters. The molecule has 1 atom stereocenters. The lowest BCUT2D eigenvalue weighted by molar-refractivity contribution is -0.123. The van der Waals surface area contributed by atoms with Gasteiger partial charge in [-0.1, -0.05) is 18.2 Å². The molecule has 1 aliphatic rings. The number of ether oxygens (including phenoxy) is 2. The SMILES string of the molecule is C=C(CCNC(=O)COc1ccc(Cl)cc1)c1nnc([C@@H]2CCCO2)o1. The number of hydrogen-bond donors (Lipinski definition) is 1. The van der Waals surface area contributed by atoms with Gasteiger partial charge in [0.05, 0.1) is 0 Å². The zero-order valence-corrected chi connectivity index (χ0v) is 15.0. The van der Waals surface area contributed by atoms with E-state index in [1.807, 2.05) is 0 Å². The van der Waals surface area contributed by atoms with Gasteiger partial charge in [-0.3, -0.25) is 4.79 Å². The number of hydrogen-bond acceptors (Lipinski definition) is 6. The minimum Gasteiger partial charge on any atom is -0.484 e. The highest BCUT2D eigenvalue weighted by atomic mass is 35.5. The summed E-state index contributed by atoms with van der Waals surface area (Å²) < 4.78 is 16.5. The van der Waals surface area contributed by atoms with Crippen LogP contribution in [0.1, 0.15) is 37.1 Å². The Bertz CT molecular complexity index is 754. The smallest absolute Gasteiger partial charge is 0.257 e. The zero-order chi connectivity index (χ0) is 18.4. The maximum absolute atomic E-state index is 11.8. The minimum absolute atomic E-state index is 0.0716. The predicted octanol–water partition coefficient (Wildman–Crippen LogP) is 3.17. The Morgan fingerprint density at radius 1 is 1.35 bits per heavy atom. The average molecular weight is 378 g/mol. The molecule has 1 aromatic heterocycles. The van der Waals surface area contributed by atoms with Crippen LogP contribution in [0.15, 0.2) is 35.3 Å². The monoisotopic (exact) mass is 377 g/mol. The third-order valence-electron chi connectivity index (χ3n) is 3.88. The van der Waals surface area contributed by atoms with Crippen molar-refractivity contribution in [1.29, 1.82) is 0 Å². The van der Waals surface area contributed by atoms with Crippen LogP contribution in [0.3, 0.4) is 0 Å². The van der Waals surface area contributed by atoms with Crippen molar-refractivity contribution in [3.8, 4) is 5.75 Å². The van der Waals surface area contributed by atoms with E-state index in [0.29, 0.717) is 47.7 Å². The molecular formula is C18H20ClN3O4. The molecule has 1 aliphatic heterocycles. The largest absolute Gasteiger partial charge is 0.484 e. The molecule has 8 heteroatoms. The Morgan fingerprint density at radius 2 is 2.15 bits per heavy atom. The van der Waals surface area contributed by atoms with Crippen molar-refractivity contribution in [3.05, 3.63) is 47.6 Å². The van der Waals surface area contributed by atoms with Crippen LogP contribution in [0.5, 0.6) is 5.75 Å². The molecule has 138 valence electrons. The molecule has 26 heavy (non-hydrogen) atoms. The van der Waals surface area contributed by atoms with E-state index in [1.165, 1.54) is 0 Å². The second-order valence-electron chi connectivity index (χ2n) is 5.89. The molecular weight excluding hydrogens is 358 g/mol. The molecule has 1 saturated heterocycles. The van der Waals surface area contributed by atoms with E-state index in [2.05, 4.69) is 22.1 Å². The lowest BCUT2D eigenvalue weighted by Crippen LogP contribution is -2.29. The molecule has 1 amide bonds. The van der Waals surface area contributed by atoms with Crippen LogP contribution in [0.4, 0.5) is 0 Å². The van der Waals surface area contributed by atoms with E-state index in [9.17, 15) is 4.79 Å². The number of carbonyl (C=O) groups excluding carboxylic acids is 1. The fourth-order valence-electron chi connectivity index (χ4n) is 2.47. The molecule has 0 bridgehead atoms. The Morgan fingerprint density at radius 3 is 2.88 bits per heavy atom. The summed E-state index contributed by atoms with van der Waals surface area (Å²) in [6.07, 6.45) is 2.26. The van der Waals surface area contributed by atoms with Crippen molar-refractivity contribution >= 4 is 23.1 Å². The summed E-state index contributed by atoms with van der Waals surface area (Å²) in [7, 11) is 0. The van der Waals surface area contributed by atoms with Crippen molar-refractivity contribution in [1.82, 2.24) is 15.5 Å². The predicted molar refractivity (Wildman–Crippen MR) is 95.8 cm³/mol. The average Bonchev–Trinajstić information content (AvgIpc) is 3.32. The van der Waals surface area contributed by atoms with Crippen LogP contribution in [0, 0.1) is 0 Å². The van der Waals surface area contributed by atoms with Crippen molar-refractivity contribution in [2.75, 3.05) is 19.8 Å². The topological polar surface area (TPSA) is 86.5 Å². The molecule has 0 spiro atoms. The van der Waals surface area contributed by atoms with Gasteiger partial charge in [0.25, 0.3) is 5.91 Å².